The third kappa shape index (κ3) is 4.29. The molecule has 2 rings (SSSR count). The van der Waals surface area contributed by atoms with Gasteiger partial charge in [0.25, 0.3) is 5.91 Å². The van der Waals surface area contributed by atoms with Crippen LogP contribution in [0.2, 0.25) is 0 Å². The number of rotatable bonds is 6. The summed E-state index contributed by atoms with van der Waals surface area (Å²) >= 11 is 0. The van der Waals surface area contributed by atoms with Gasteiger partial charge in [-0.25, -0.2) is 8.42 Å². The molecule has 0 spiro atoms. The number of nitrogens with zero attached hydrogens (tertiary/aromatic N) is 1. The van der Waals surface area contributed by atoms with E-state index in [9.17, 15) is 18.0 Å². The monoisotopic (exact) mass is 310 g/mol. The van der Waals surface area contributed by atoms with Crippen molar-refractivity contribution in [3.8, 4) is 0 Å². The van der Waals surface area contributed by atoms with Crippen molar-refractivity contribution in [2.75, 3.05) is 24.6 Å². The van der Waals surface area contributed by atoms with Crippen molar-refractivity contribution < 1.29 is 18.0 Å². The van der Waals surface area contributed by atoms with Crippen molar-refractivity contribution >= 4 is 22.2 Å². The quantitative estimate of drug-likeness (QED) is 0.753. The highest BCUT2D eigenvalue weighted by Gasteiger charge is 2.31. The summed E-state index contributed by atoms with van der Waals surface area (Å²) in [5.41, 5.74) is 0.554. The molecule has 1 unspecified atom stereocenters. The minimum Gasteiger partial charge on any atom is -0.350 e. The Morgan fingerprint density at radius 3 is 2.62 bits per heavy atom. The number of carbonyl (C=O) groups excluding carboxylic acids is 2. The maximum absolute atomic E-state index is 11.8. The normalized spacial score (nSPS) is 19.9. The van der Waals surface area contributed by atoms with Crippen LogP contribution in [-0.4, -0.2) is 56.3 Å². The van der Waals surface area contributed by atoms with E-state index in [0.717, 1.165) is 0 Å². The number of hydrogen-bond donors (Lipinski definition) is 1. The average molecular weight is 310 g/mol. The molecular weight excluding hydrogens is 292 g/mol. The summed E-state index contributed by atoms with van der Waals surface area (Å²) in [5, 5.41) is 2.72. The van der Waals surface area contributed by atoms with E-state index in [2.05, 4.69) is 5.32 Å². The van der Waals surface area contributed by atoms with Gasteiger partial charge in [-0.1, -0.05) is 18.2 Å². The van der Waals surface area contributed by atoms with Gasteiger partial charge >= 0.3 is 0 Å². The van der Waals surface area contributed by atoms with Crippen molar-refractivity contribution in [2.24, 2.45) is 0 Å². The molecule has 0 aliphatic carbocycles. The largest absolute Gasteiger partial charge is 0.350 e. The summed E-state index contributed by atoms with van der Waals surface area (Å²) in [7, 11) is -3.02. The summed E-state index contributed by atoms with van der Waals surface area (Å²) in [6, 6.07) is 8.51. The first kappa shape index (κ1) is 15.5. The van der Waals surface area contributed by atoms with Crippen LogP contribution in [0.5, 0.6) is 0 Å². The van der Waals surface area contributed by atoms with Gasteiger partial charge in [0.2, 0.25) is 6.41 Å². The summed E-state index contributed by atoms with van der Waals surface area (Å²) in [6.45, 7) is 0.602. The summed E-state index contributed by atoms with van der Waals surface area (Å²) in [6.07, 6.45) is 1.12. The highest BCUT2D eigenvalue weighted by molar-refractivity contribution is 7.91. The Kier molecular flexibility index (Phi) is 4.95. The second-order valence-corrected chi connectivity index (χ2v) is 7.25. The van der Waals surface area contributed by atoms with Gasteiger partial charge in [0.1, 0.15) is 0 Å². The smallest absolute Gasteiger partial charge is 0.251 e. The molecule has 1 N–H and O–H groups in total. The summed E-state index contributed by atoms with van der Waals surface area (Å²) in [5.74, 6) is -0.0722. The summed E-state index contributed by atoms with van der Waals surface area (Å²) in [4.78, 5) is 24.3. The van der Waals surface area contributed by atoms with Crippen LogP contribution in [0.25, 0.3) is 0 Å². The standard InChI is InChI=1S/C14H18N2O4S/c17-11-16(13-6-9-21(19,20)10-13)8-7-15-14(18)12-4-2-1-3-5-12/h1-5,11,13H,6-10H2,(H,15,18). The van der Waals surface area contributed by atoms with Gasteiger partial charge < -0.3 is 10.2 Å². The Balaban J connectivity index is 1.82. The fourth-order valence-electron chi connectivity index (χ4n) is 2.35. The highest BCUT2D eigenvalue weighted by Crippen LogP contribution is 2.16. The van der Waals surface area contributed by atoms with E-state index in [-0.39, 0.29) is 23.5 Å². The molecule has 1 aromatic carbocycles. The Hall–Kier alpha value is -1.89. The molecule has 1 heterocycles. The highest BCUT2D eigenvalue weighted by atomic mass is 32.2. The molecular formula is C14H18N2O4S. The molecule has 0 aromatic heterocycles. The third-order valence-electron chi connectivity index (χ3n) is 3.50. The molecule has 0 bridgehead atoms. The molecule has 2 amide bonds. The number of carbonyl (C=O) groups is 2. The molecule has 7 heteroatoms. The van der Waals surface area contributed by atoms with Gasteiger partial charge in [0.15, 0.2) is 9.84 Å². The van der Waals surface area contributed by atoms with Crippen LogP contribution in [0.15, 0.2) is 30.3 Å². The van der Waals surface area contributed by atoms with E-state index in [4.69, 9.17) is 0 Å². The van der Waals surface area contributed by atoms with Crippen LogP contribution in [0.1, 0.15) is 16.8 Å². The first-order valence-electron chi connectivity index (χ1n) is 6.76. The molecule has 114 valence electrons. The fraction of sp³-hybridized carbons (Fsp3) is 0.429. The van der Waals surface area contributed by atoms with E-state index in [0.29, 0.717) is 31.5 Å². The first-order chi connectivity index (χ1) is 10.0. The maximum Gasteiger partial charge on any atom is 0.251 e. The lowest BCUT2D eigenvalue weighted by Crippen LogP contribution is -2.40. The molecule has 0 saturated carbocycles. The van der Waals surface area contributed by atoms with E-state index < -0.39 is 9.84 Å². The molecule has 1 aromatic rings. The second-order valence-electron chi connectivity index (χ2n) is 5.02. The molecule has 1 saturated heterocycles. The van der Waals surface area contributed by atoms with Gasteiger partial charge in [-0.2, -0.15) is 0 Å². The molecule has 6 nitrogen and oxygen atoms in total. The Morgan fingerprint density at radius 2 is 2.05 bits per heavy atom. The second kappa shape index (κ2) is 6.71. The van der Waals surface area contributed by atoms with E-state index in [1.54, 1.807) is 24.3 Å². The van der Waals surface area contributed by atoms with Gasteiger partial charge in [0.05, 0.1) is 11.5 Å². The number of amides is 2. The van der Waals surface area contributed by atoms with Crippen LogP contribution in [0.3, 0.4) is 0 Å². The number of sulfone groups is 1. The molecule has 21 heavy (non-hydrogen) atoms. The van der Waals surface area contributed by atoms with Crippen LogP contribution >= 0.6 is 0 Å². The van der Waals surface area contributed by atoms with Crippen molar-refractivity contribution in [3.05, 3.63) is 35.9 Å². The topological polar surface area (TPSA) is 83.6 Å². The van der Waals surface area contributed by atoms with Gasteiger partial charge in [-0.05, 0) is 18.6 Å². The van der Waals surface area contributed by atoms with E-state index >= 15 is 0 Å². The zero-order valence-corrected chi connectivity index (χ0v) is 12.4. The first-order valence-corrected chi connectivity index (χ1v) is 8.59. The zero-order valence-electron chi connectivity index (χ0n) is 11.6. The van der Waals surface area contributed by atoms with E-state index in [1.807, 2.05) is 6.07 Å². The predicted octanol–water partition coefficient (Wildman–Crippen LogP) is 0.0619. The minimum absolute atomic E-state index is 0.0123. The zero-order chi connectivity index (χ0) is 15.3. The average Bonchev–Trinajstić information content (AvgIpc) is 2.84. The Bertz CT molecular complexity index is 601. The molecule has 1 aliphatic heterocycles. The van der Waals surface area contributed by atoms with Gasteiger partial charge in [0, 0.05) is 24.7 Å². The maximum atomic E-state index is 11.8. The SMILES string of the molecule is O=CN(CCNC(=O)c1ccccc1)C1CCS(=O)(=O)C1. The Labute approximate surface area is 124 Å². The molecule has 1 atom stereocenters. The molecule has 1 aliphatic rings. The lowest BCUT2D eigenvalue weighted by Gasteiger charge is -2.23. The number of nitrogens with one attached hydrogen (secondary N) is 1. The van der Waals surface area contributed by atoms with Crippen molar-refractivity contribution in [1.29, 1.82) is 0 Å². The lowest BCUT2D eigenvalue weighted by atomic mass is 10.2. The van der Waals surface area contributed by atoms with Gasteiger partial charge in [-0.3, -0.25) is 9.59 Å². The number of hydrogen-bond acceptors (Lipinski definition) is 4. The van der Waals surface area contributed by atoms with Crippen molar-refractivity contribution in [2.45, 2.75) is 12.5 Å². The molecule has 0 radical (unpaired) electrons. The Morgan fingerprint density at radius 1 is 1.33 bits per heavy atom. The lowest BCUT2D eigenvalue weighted by molar-refractivity contribution is -0.119. The number of benzene rings is 1. The van der Waals surface area contributed by atoms with Crippen molar-refractivity contribution in [3.63, 3.8) is 0 Å². The van der Waals surface area contributed by atoms with Crippen LogP contribution in [-0.2, 0) is 14.6 Å². The van der Waals surface area contributed by atoms with Crippen molar-refractivity contribution in [1.82, 2.24) is 10.2 Å². The van der Waals surface area contributed by atoms with Crippen LogP contribution in [0.4, 0.5) is 0 Å². The van der Waals surface area contributed by atoms with E-state index in [1.165, 1.54) is 4.90 Å². The summed E-state index contributed by atoms with van der Waals surface area (Å²) < 4.78 is 22.8. The fourth-order valence-corrected chi connectivity index (χ4v) is 4.09. The van der Waals surface area contributed by atoms with Gasteiger partial charge in [-0.15, -0.1) is 0 Å². The van der Waals surface area contributed by atoms with Crippen LogP contribution < -0.4 is 5.32 Å². The predicted molar refractivity (Wildman–Crippen MR) is 78.6 cm³/mol. The third-order valence-corrected chi connectivity index (χ3v) is 5.25. The minimum atomic E-state index is -3.02. The van der Waals surface area contributed by atoms with Crippen LogP contribution in [0, 0.1) is 0 Å². The molecule has 1 fully saturated rings.